The number of hydrogen-bond acceptors (Lipinski definition) is 2. The maximum Gasteiger partial charge on any atom is 0.122 e. The Labute approximate surface area is 147 Å². The molecule has 1 saturated heterocycles. The molecule has 0 N–H and O–H groups in total. The molecule has 2 fully saturated rings. The van der Waals surface area contributed by atoms with E-state index in [4.69, 9.17) is 4.74 Å². The molecule has 0 unspecified atom stereocenters. The van der Waals surface area contributed by atoms with E-state index in [0.717, 1.165) is 17.7 Å². The summed E-state index contributed by atoms with van der Waals surface area (Å²) in [6.07, 6.45) is 8.17. The number of likely N-dealkylation sites (N-methyl/N-ethyl adjacent to an activating group) is 1. The molecule has 1 saturated carbocycles. The maximum atomic E-state index is 5.86. The van der Waals surface area contributed by atoms with Gasteiger partial charge in [0.15, 0.2) is 0 Å². The highest BCUT2D eigenvalue weighted by molar-refractivity contribution is 5.51. The van der Waals surface area contributed by atoms with Crippen molar-refractivity contribution < 1.29 is 4.74 Å². The van der Waals surface area contributed by atoms with E-state index >= 15 is 0 Å². The summed E-state index contributed by atoms with van der Waals surface area (Å²) in [5, 5.41) is 0. The van der Waals surface area contributed by atoms with Crippen LogP contribution >= 0.6 is 0 Å². The number of rotatable bonds is 1. The highest BCUT2D eigenvalue weighted by Crippen LogP contribution is 2.56. The number of methoxy groups -OCH3 is 1. The van der Waals surface area contributed by atoms with Crippen LogP contribution in [0.25, 0.3) is 0 Å². The van der Waals surface area contributed by atoms with Crippen molar-refractivity contribution in [2.24, 2.45) is 5.92 Å². The van der Waals surface area contributed by atoms with Gasteiger partial charge in [0.2, 0.25) is 0 Å². The summed E-state index contributed by atoms with van der Waals surface area (Å²) in [6.45, 7) is 8.15. The topological polar surface area (TPSA) is 12.5 Å². The van der Waals surface area contributed by atoms with Crippen LogP contribution in [0.15, 0.2) is 12.1 Å². The van der Waals surface area contributed by atoms with E-state index in [9.17, 15) is 0 Å². The predicted octanol–water partition coefficient (Wildman–Crippen LogP) is 4.68. The molecule has 2 aliphatic carbocycles. The first kappa shape index (κ1) is 16.4. The van der Waals surface area contributed by atoms with Crippen LogP contribution in [0.4, 0.5) is 0 Å². The first-order valence-electron chi connectivity index (χ1n) is 9.79. The normalized spacial score (nSPS) is 32.9. The third-order valence-corrected chi connectivity index (χ3v) is 7.24. The van der Waals surface area contributed by atoms with Crippen LogP contribution in [0.3, 0.4) is 0 Å². The number of nitrogens with zero attached hydrogens (tertiary/aromatic N) is 1. The number of likely N-dealkylation sites (tertiary alicyclic amines) is 1. The Bertz CT molecular complexity index is 644. The fourth-order valence-corrected chi connectivity index (χ4v) is 5.99. The molecule has 3 aliphatic rings. The number of hydrogen-bond donors (Lipinski definition) is 0. The summed E-state index contributed by atoms with van der Waals surface area (Å²) in [5.41, 5.74) is 5.17. The predicted molar refractivity (Wildman–Crippen MR) is 100 cm³/mol. The molecular formula is C22H33NO. The van der Waals surface area contributed by atoms with E-state index in [1.807, 2.05) is 7.11 Å². The molecule has 1 aromatic carbocycles. The van der Waals surface area contributed by atoms with Gasteiger partial charge in [-0.2, -0.15) is 0 Å². The number of fused-ring (bicyclic) bond motifs is 1. The van der Waals surface area contributed by atoms with E-state index in [1.54, 1.807) is 11.1 Å². The maximum absolute atomic E-state index is 5.86. The van der Waals surface area contributed by atoms with Gasteiger partial charge in [0.1, 0.15) is 5.75 Å². The molecule has 1 aliphatic heterocycles. The van der Waals surface area contributed by atoms with E-state index in [1.165, 1.54) is 50.6 Å². The standard InChI is InChI=1S/C22H33NO/c1-21(2,3)18-12-15-13-19-16-8-6-7-9-22(16,10-11-23(19)4)17(15)14-20(18)24-5/h12,14,16,19H,6-11,13H2,1-5H3/t16-,19-,22-/m1/s1. The van der Waals surface area contributed by atoms with Gasteiger partial charge >= 0.3 is 0 Å². The lowest BCUT2D eigenvalue weighted by Crippen LogP contribution is -2.59. The first-order chi connectivity index (χ1) is 11.4. The Morgan fingerprint density at radius 1 is 1.17 bits per heavy atom. The van der Waals surface area contributed by atoms with Gasteiger partial charge < -0.3 is 9.64 Å². The third-order valence-electron chi connectivity index (χ3n) is 7.24. The number of piperidine rings is 1. The average molecular weight is 328 g/mol. The second kappa shape index (κ2) is 5.49. The van der Waals surface area contributed by atoms with Gasteiger partial charge in [-0.3, -0.25) is 0 Å². The van der Waals surface area contributed by atoms with Gasteiger partial charge in [0, 0.05) is 11.5 Å². The quantitative estimate of drug-likeness (QED) is 0.742. The molecule has 3 atom stereocenters. The molecule has 1 heterocycles. The molecule has 1 aromatic rings. The Kier molecular flexibility index (Phi) is 3.76. The molecule has 2 nitrogen and oxygen atoms in total. The summed E-state index contributed by atoms with van der Waals surface area (Å²) < 4.78 is 5.86. The first-order valence-corrected chi connectivity index (χ1v) is 9.79. The van der Waals surface area contributed by atoms with Crippen molar-refractivity contribution in [3.8, 4) is 5.75 Å². The van der Waals surface area contributed by atoms with Gasteiger partial charge in [-0.25, -0.2) is 0 Å². The van der Waals surface area contributed by atoms with Crippen LogP contribution in [-0.2, 0) is 17.3 Å². The zero-order chi connectivity index (χ0) is 17.1. The summed E-state index contributed by atoms with van der Waals surface area (Å²) in [6, 6.07) is 5.68. The zero-order valence-corrected chi connectivity index (χ0v) is 16.1. The molecule has 0 spiro atoms. The molecule has 24 heavy (non-hydrogen) atoms. The highest BCUT2D eigenvalue weighted by Gasteiger charge is 2.53. The van der Waals surface area contributed by atoms with Crippen LogP contribution in [0.2, 0.25) is 0 Å². The van der Waals surface area contributed by atoms with Crippen LogP contribution in [0, 0.1) is 5.92 Å². The fraction of sp³-hybridized carbons (Fsp3) is 0.727. The lowest BCUT2D eigenvalue weighted by Gasteiger charge is -2.58. The van der Waals surface area contributed by atoms with E-state index in [-0.39, 0.29) is 5.41 Å². The van der Waals surface area contributed by atoms with Crippen LogP contribution in [0.1, 0.15) is 69.6 Å². The Balaban J connectivity index is 1.91. The number of benzene rings is 1. The average Bonchev–Trinajstić information content (AvgIpc) is 2.56. The minimum Gasteiger partial charge on any atom is -0.496 e. The minimum atomic E-state index is 0.127. The zero-order valence-electron chi connectivity index (χ0n) is 16.1. The molecule has 0 radical (unpaired) electrons. The second-order valence-corrected chi connectivity index (χ2v) is 9.47. The van der Waals surface area contributed by atoms with Gasteiger partial charge in [-0.15, -0.1) is 0 Å². The Morgan fingerprint density at radius 3 is 2.67 bits per heavy atom. The molecule has 132 valence electrons. The van der Waals surface area contributed by atoms with E-state index < -0.39 is 0 Å². The van der Waals surface area contributed by atoms with E-state index in [2.05, 4.69) is 44.9 Å². The van der Waals surface area contributed by atoms with Crippen molar-refractivity contribution in [1.82, 2.24) is 4.90 Å². The molecule has 2 bridgehead atoms. The lowest BCUT2D eigenvalue weighted by atomic mass is 9.52. The lowest BCUT2D eigenvalue weighted by molar-refractivity contribution is 0.00267. The highest BCUT2D eigenvalue weighted by atomic mass is 16.5. The molecule has 0 aromatic heterocycles. The second-order valence-electron chi connectivity index (χ2n) is 9.47. The monoisotopic (exact) mass is 327 g/mol. The van der Waals surface area contributed by atoms with Gasteiger partial charge in [0.25, 0.3) is 0 Å². The molecule has 2 heteroatoms. The third kappa shape index (κ3) is 2.25. The van der Waals surface area contributed by atoms with E-state index in [0.29, 0.717) is 5.41 Å². The smallest absolute Gasteiger partial charge is 0.122 e. The summed E-state index contributed by atoms with van der Waals surface area (Å²) >= 11 is 0. The number of ether oxygens (including phenoxy) is 1. The SMILES string of the molecule is COc1cc2c(cc1C(C)(C)C)C[C@@H]1[C@H]3CCCC[C@]23CCN1C. The summed E-state index contributed by atoms with van der Waals surface area (Å²) in [4.78, 5) is 2.65. The van der Waals surface area contributed by atoms with Crippen molar-refractivity contribution in [2.75, 3.05) is 20.7 Å². The van der Waals surface area contributed by atoms with Crippen molar-refractivity contribution in [1.29, 1.82) is 0 Å². The Morgan fingerprint density at radius 2 is 1.96 bits per heavy atom. The van der Waals surface area contributed by atoms with Gasteiger partial charge in [0.05, 0.1) is 7.11 Å². The molecule has 4 rings (SSSR count). The molecular weight excluding hydrogens is 294 g/mol. The van der Waals surface area contributed by atoms with Crippen molar-refractivity contribution >= 4 is 0 Å². The van der Waals surface area contributed by atoms with Gasteiger partial charge in [-0.1, -0.05) is 39.7 Å². The van der Waals surface area contributed by atoms with Crippen LogP contribution < -0.4 is 4.74 Å². The largest absolute Gasteiger partial charge is 0.496 e. The van der Waals surface area contributed by atoms with Crippen LogP contribution in [-0.4, -0.2) is 31.6 Å². The fourth-order valence-electron chi connectivity index (χ4n) is 5.99. The van der Waals surface area contributed by atoms with Crippen molar-refractivity contribution in [3.05, 3.63) is 28.8 Å². The minimum absolute atomic E-state index is 0.127. The van der Waals surface area contributed by atoms with Crippen molar-refractivity contribution in [3.63, 3.8) is 0 Å². The van der Waals surface area contributed by atoms with Crippen molar-refractivity contribution in [2.45, 2.75) is 76.2 Å². The molecule has 0 amide bonds. The van der Waals surface area contributed by atoms with Gasteiger partial charge in [-0.05, 0) is 73.4 Å². The Hall–Kier alpha value is -1.02. The summed E-state index contributed by atoms with van der Waals surface area (Å²) in [7, 11) is 4.19. The summed E-state index contributed by atoms with van der Waals surface area (Å²) in [5.74, 6) is 1.96. The van der Waals surface area contributed by atoms with Crippen LogP contribution in [0.5, 0.6) is 5.75 Å².